The molecule has 5 heteroatoms. The number of hydrogen-bond acceptors (Lipinski definition) is 4. The third-order valence-corrected chi connectivity index (χ3v) is 5.51. The Hall–Kier alpha value is -2.17. The van der Waals surface area contributed by atoms with Crippen molar-refractivity contribution in [1.29, 1.82) is 0 Å². The van der Waals surface area contributed by atoms with Crippen molar-refractivity contribution in [1.82, 2.24) is 10.2 Å². The molecule has 0 radical (unpaired) electrons. The molecule has 5 rings (SSSR count). The van der Waals surface area contributed by atoms with Gasteiger partial charge in [-0.25, -0.2) is 0 Å². The molecule has 27 heavy (non-hydrogen) atoms. The van der Waals surface area contributed by atoms with Crippen LogP contribution in [0.3, 0.4) is 0 Å². The molecule has 1 N–H and O–H groups in total. The summed E-state index contributed by atoms with van der Waals surface area (Å²) < 4.78 is 0. The molecule has 0 atom stereocenters. The summed E-state index contributed by atoms with van der Waals surface area (Å²) in [6, 6.07) is 16.8. The molecule has 0 aromatic heterocycles. The van der Waals surface area contributed by atoms with Crippen LogP contribution in [0, 0.1) is 0 Å². The number of aliphatic imine (C=N–C) groups is 2. The molecule has 140 valence electrons. The Kier molecular flexibility index (Phi) is 5.85. The van der Waals surface area contributed by atoms with Crippen LogP contribution in [0.1, 0.15) is 22.3 Å². The fourth-order valence-corrected chi connectivity index (χ4v) is 4.04. The Morgan fingerprint density at radius 2 is 1.37 bits per heavy atom. The van der Waals surface area contributed by atoms with Crippen molar-refractivity contribution in [2.24, 2.45) is 9.98 Å². The summed E-state index contributed by atoms with van der Waals surface area (Å²) in [6.45, 7) is 6.06. The van der Waals surface area contributed by atoms with Crippen molar-refractivity contribution >= 4 is 22.6 Å². The SMILES string of the molecule is ClC1=NCCc2ccccc21.c1ccc2c(c1)CCN=C2N1CCNCC1. The number of fused-ring (bicyclic) bond motifs is 2. The number of hydrogen-bond donors (Lipinski definition) is 1. The largest absolute Gasteiger partial charge is 0.354 e. The Morgan fingerprint density at radius 3 is 2.07 bits per heavy atom. The molecule has 0 aliphatic carbocycles. The first-order chi connectivity index (χ1) is 13.3. The predicted molar refractivity (Wildman–Crippen MR) is 113 cm³/mol. The first-order valence-electron chi connectivity index (χ1n) is 9.69. The molecule has 2 aromatic carbocycles. The average molecular weight is 381 g/mol. The summed E-state index contributed by atoms with van der Waals surface area (Å²) in [5, 5.41) is 4.04. The van der Waals surface area contributed by atoms with Gasteiger partial charge in [-0.05, 0) is 24.0 Å². The second-order valence-corrected chi connectivity index (χ2v) is 7.29. The van der Waals surface area contributed by atoms with E-state index in [2.05, 4.69) is 45.5 Å². The minimum Gasteiger partial charge on any atom is -0.354 e. The molecule has 3 heterocycles. The van der Waals surface area contributed by atoms with E-state index in [1.54, 1.807) is 0 Å². The molecule has 0 saturated carbocycles. The average Bonchev–Trinajstić information content (AvgIpc) is 2.75. The number of amidine groups is 1. The van der Waals surface area contributed by atoms with E-state index in [0.717, 1.165) is 57.7 Å². The van der Waals surface area contributed by atoms with E-state index >= 15 is 0 Å². The predicted octanol–water partition coefficient (Wildman–Crippen LogP) is 3.12. The summed E-state index contributed by atoms with van der Waals surface area (Å²) in [5.41, 5.74) is 5.20. The summed E-state index contributed by atoms with van der Waals surface area (Å²) in [7, 11) is 0. The van der Waals surface area contributed by atoms with E-state index in [4.69, 9.17) is 16.6 Å². The van der Waals surface area contributed by atoms with Crippen molar-refractivity contribution in [3.63, 3.8) is 0 Å². The van der Waals surface area contributed by atoms with Gasteiger partial charge in [-0.1, -0.05) is 60.1 Å². The Balaban J connectivity index is 0.000000143. The number of piperazine rings is 1. The molecular weight excluding hydrogens is 356 g/mol. The maximum absolute atomic E-state index is 5.90. The highest BCUT2D eigenvalue weighted by Crippen LogP contribution is 2.18. The van der Waals surface area contributed by atoms with E-state index in [0.29, 0.717) is 5.17 Å². The van der Waals surface area contributed by atoms with Gasteiger partial charge in [0.1, 0.15) is 11.0 Å². The highest BCUT2D eigenvalue weighted by atomic mass is 35.5. The van der Waals surface area contributed by atoms with Gasteiger partial charge in [0.15, 0.2) is 0 Å². The number of benzene rings is 2. The van der Waals surface area contributed by atoms with Gasteiger partial charge in [-0.15, -0.1) is 0 Å². The lowest BCUT2D eigenvalue weighted by molar-refractivity contribution is 0.356. The smallest absolute Gasteiger partial charge is 0.131 e. The Morgan fingerprint density at radius 1 is 0.778 bits per heavy atom. The van der Waals surface area contributed by atoms with Crippen LogP contribution >= 0.6 is 11.6 Å². The van der Waals surface area contributed by atoms with Crippen molar-refractivity contribution in [2.45, 2.75) is 12.8 Å². The van der Waals surface area contributed by atoms with Crippen LogP contribution in [-0.2, 0) is 12.8 Å². The topological polar surface area (TPSA) is 40.0 Å². The molecular formula is C22H25ClN4. The standard InChI is InChI=1S/C13H17N3.C9H8ClN/c1-2-4-12-11(3-1)5-6-15-13(12)16-9-7-14-8-10-16;10-9-8-4-2-1-3-7(8)5-6-11-9/h1-4,14H,5-10H2;1-4H,5-6H2. The monoisotopic (exact) mass is 380 g/mol. The summed E-state index contributed by atoms with van der Waals surface area (Å²) >= 11 is 5.90. The minimum atomic E-state index is 0.659. The highest BCUT2D eigenvalue weighted by molar-refractivity contribution is 6.69. The van der Waals surface area contributed by atoms with Crippen LogP contribution in [0.2, 0.25) is 0 Å². The molecule has 0 amide bonds. The maximum Gasteiger partial charge on any atom is 0.131 e. The molecule has 3 aliphatic heterocycles. The minimum absolute atomic E-state index is 0.659. The third-order valence-electron chi connectivity index (χ3n) is 5.19. The Labute approximate surface area is 166 Å². The van der Waals surface area contributed by atoms with E-state index in [1.807, 2.05) is 18.2 Å². The van der Waals surface area contributed by atoms with Crippen LogP contribution in [0.15, 0.2) is 58.5 Å². The lowest BCUT2D eigenvalue weighted by atomic mass is 10.0. The lowest BCUT2D eigenvalue weighted by Gasteiger charge is -2.32. The zero-order valence-electron chi connectivity index (χ0n) is 15.5. The van der Waals surface area contributed by atoms with Crippen LogP contribution < -0.4 is 5.32 Å². The van der Waals surface area contributed by atoms with Crippen LogP contribution in [0.4, 0.5) is 0 Å². The maximum atomic E-state index is 5.90. The van der Waals surface area contributed by atoms with E-state index < -0.39 is 0 Å². The number of nitrogens with zero attached hydrogens (tertiary/aromatic N) is 3. The molecule has 0 bridgehead atoms. The fraction of sp³-hybridized carbons (Fsp3) is 0.364. The Bertz CT molecular complexity index is 853. The van der Waals surface area contributed by atoms with E-state index in [9.17, 15) is 0 Å². The first kappa shape index (κ1) is 18.2. The van der Waals surface area contributed by atoms with Crippen molar-refractivity contribution in [3.05, 3.63) is 70.8 Å². The normalized spacial score (nSPS) is 18.3. The van der Waals surface area contributed by atoms with Gasteiger partial charge in [0.2, 0.25) is 0 Å². The first-order valence-corrected chi connectivity index (χ1v) is 10.1. The number of nitrogens with one attached hydrogen (secondary N) is 1. The molecule has 0 spiro atoms. The lowest BCUT2D eigenvalue weighted by Crippen LogP contribution is -2.47. The van der Waals surface area contributed by atoms with Gasteiger partial charge < -0.3 is 10.2 Å². The summed E-state index contributed by atoms with van der Waals surface area (Å²) in [6.07, 6.45) is 2.11. The molecule has 0 unspecified atom stereocenters. The van der Waals surface area contributed by atoms with E-state index in [1.165, 1.54) is 22.5 Å². The van der Waals surface area contributed by atoms with Gasteiger partial charge in [-0.2, -0.15) is 0 Å². The van der Waals surface area contributed by atoms with Gasteiger partial charge in [-0.3, -0.25) is 9.98 Å². The van der Waals surface area contributed by atoms with Crippen LogP contribution in [0.25, 0.3) is 0 Å². The number of halogens is 1. The van der Waals surface area contributed by atoms with Crippen molar-refractivity contribution in [3.8, 4) is 0 Å². The quantitative estimate of drug-likeness (QED) is 0.762. The number of rotatable bonds is 0. The van der Waals surface area contributed by atoms with Gasteiger partial charge in [0.05, 0.1) is 0 Å². The molecule has 4 nitrogen and oxygen atoms in total. The molecule has 1 fully saturated rings. The van der Waals surface area contributed by atoms with Gasteiger partial charge >= 0.3 is 0 Å². The highest BCUT2D eigenvalue weighted by Gasteiger charge is 2.20. The van der Waals surface area contributed by atoms with Gasteiger partial charge in [0, 0.05) is 50.4 Å². The second kappa shape index (κ2) is 8.68. The van der Waals surface area contributed by atoms with Gasteiger partial charge in [0.25, 0.3) is 0 Å². The van der Waals surface area contributed by atoms with Crippen molar-refractivity contribution < 1.29 is 0 Å². The van der Waals surface area contributed by atoms with Crippen LogP contribution in [-0.4, -0.2) is 55.2 Å². The second-order valence-electron chi connectivity index (χ2n) is 6.93. The fourth-order valence-electron chi connectivity index (χ4n) is 3.77. The molecule has 3 aliphatic rings. The summed E-state index contributed by atoms with van der Waals surface area (Å²) in [5.74, 6) is 1.21. The molecule has 1 saturated heterocycles. The van der Waals surface area contributed by atoms with Crippen molar-refractivity contribution in [2.75, 3.05) is 39.3 Å². The van der Waals surface area contributed by atoms with Crippen LogP contribution in [0.5, 0.6) is 0 Å². The van der Waals surface area contributed by atoms with E-state index in [-0.39, 0.29) is 0 Å². The molecule has 2 aromatic rings. The zero-order chi connectivity index (χ0) is 18.5. The third kappa shape index (κ3) is 4.23. The summed E-state index contributed by atoms with van der Waals surface area (Å²) in [4.78, 5) is 11.3. The zero-order valence-corrected chi connectivity index (χ0v) is 16.3.